The SMILES string of the molecule is CCN1CN(C23c4cccc(F)c4CC2Cc2c(F)cccc23)n2ccc(=O)c(O)c2C1=O. The van der Waals surface area contributed by atoms with E-state index in [0.717, 1.165) is 0 Å². The average Bonchev–Trinajstić information content (AvgIpc) is 3.30. The summed E-state index contributed by atoms with van der Waals surface area (Å²) in [5.41, 5.74) is 0.807. The second kappa shape index (κ2) is 6.66. The van der Waals surface area contributed by atoms with E-state index < -0.39 is 22.6 Å². The largest absolute Gasteiger partial charge is 0.502 e. The highest BCUT2D eigenvalue weighted by molar-refractivity contribution is 5.96. The third kappa shape index (κ3) is 2.35. The van der Waals surface area contributed by atoms with Crippen LogP contribution < -0.4 is 10.4 Å². The van der Waals surface area contributed by atoms with Gasteiger partial charge >= 0.3 is 0 Å². The van der Waals surface area contributed by atoms with Gasteiger partial charge in [0.25, 0.3) is 5.91 Å². The fourth-order valence-electron chi connectivity index (χ4n) is 6.07. The Morgan fingerprint density at radius 2 is 1.61 bits per heavy atom. The number of carbonyl (C=O) groups excluding carboxylic acids is 1. The van der Waals surface area contributed by atoms with Gasteiger partial charge in [0.1, 0.15) is 23.8 Å². The Morgan fingerprint density at radius 3 is 2.18 bits per heavy atom. The van der Waals surface area contributed by atoms with Crippen LogP contribution >= 0.6 is 0 Å². The average molecular weight is 449 g/mol. The van der Waals surface area contributed by atoms with Crippen molar-refractivity contribution in [3.63, 3.8) is 0 Å². The lowest BCUT2D eigenvalue weighted by Crippen LogP contribution is -2.63. The molecule has 2 heterocycles. The minimum atomic E-state index is -0.973. The van der Waals surface area contributed by atoms with E-state index in [9.17, 15) is 23.5 Å². The van der Waals surface area contributed by atoms with E-state index in [1.807, 2.05) is 24.1 Å². The number of aromatic hydroxyl groups is 1. The van der Waals surface area contributed by atoms with Crippen molar-refractivity contribution in [3.8, 4) is 5.75 Å². The number of nitrogens with zero attached hydrogens (tertiary/aromatic N) is 3. The molecule has 3 aliphatic rings. The van der Waals surface area contributed by atoms with Crippen LogP contribution in [0.5, 0.6) is 5.75 Å². The number of hydrogen-bond donors (Lipinski definition) is 1. The number of benzene rings is 2. The molecule has 2 aliphatic carbocycles. The summed E-state index contributed by atoms with van der Waals surface area (Å²) in [5, 5.41) is 12.5. The van der Waals surface area contributed by atoms with Crippen molar-refractivity contribution in [2.45, 2.75) is 25.3 Å². The molecule has 0 atom stereocenters. The molecule has 0 bridgehead atoms. The monoisotopic (exact) mass is 449 g/mol. The van der Waals surface area contributed by atoms with E-state index in [2.05, 4.69) is 0 Å². The first-order valence-electron chi connectivity index (χ1n) is 11.0. The van der Waals surface area contributed by atoms with Gasteiger partial charge in [0.05, 0.1) is 0 Å². The first kappa shape index (κ1) is 20.0. The zero-order chi connectivity index (χ0) is 23.1. The van der Waals surface area contributed by atoms with Gasteiger partial charge in [0, 0.05) is 24.7 Å². The molecule has 0 radical (unpaired) electrons. The maximum absolute atomic E-state index is 15.0. The molecule has 1 aliphatic heterocycles. The molecule has 3 aromatic rings. The fourth-order valence-corrected chi connectivity index (χ4v) is 6.07. The molecule has 168 valence electrons. The standard InChI is InChI=1S/C25H21F2N3O3/c1-2-28-13-30(29-10-9-21(31)23(32)22(29)24(28)33)25-14(11-15-17(25)5-3-7-19(15)26)12-16-18(25)6-4-8-20(16)27/h3-10,14,32H,2,11-13H2,1H3. The molecule has 2 aromatic carbocycles. The second-order valence-electron chi connectivity index (χ2n) is 8.83. The smallest absolute Gasteiger partial charge is 0.277 e. The fraction of sp³-hybridized carbons (Fsp3) is 0.280. The number of amides is 1. The van der Waals surface area contributed by atoms with Crippen LogP contribution in [0.15, 0.2) is 53.5 Å². The van der Waals surface area contributed by atoms with Crippen LogP contribution in [0.3, 0.4) is 0 Å². The topological polar surface area (TPSA) is 65.8 Å². The molecular weight excluding hydrogens is 428 g/mol. The van der Waals surface area contributed by atoms with Gasteiger partial charge in [-0.3, -0.25) is 19.3 Å². The number of aromatic nitrogens is 1. The van der Waals surface area contributed by atoms with E-state index in [4.69, 9.17) is 0 Å². The summed E-state index contributed by atoms with van der Waals surface area (Å²) in [6, 6.07) is 11.1. The first-order valence-corrected chi connectivity index (χ1v) is 11.0. The van der Waals surface area contributed by atoms with Crippen molar-refractivity contribution in [1.82, 2.24) is 9.58 Å². The van der Waals surface area contributed by atoms with E-state index >= 15 is 0 Å². The van der Waals surface area contributed by atoms with Gasteiger partial charge in [0.2, 0.25) is 5.43 Å². The molecule has 0 unspecified atom stereocenters. The van der Waals surface area contributed by atoms with E-state index in [0.29, 0.717) is 41.6 Å². The van der Waals surface area contributed by atoms with Crippen molar-refractivity contribution in [2.24, 2.45) is 5.92 Å². The number of fused-ring (bicyclic) bond motifs is 6. The van der Waals surface area contributed by atoms with Crippen LogP contribution in [0, 0.1) is 17.6 Å². The Morgan fingerprint density at radius 1 is 1.00 bits per heavy atom. The molecule has 6 rings (SSSR count). The number of carbonyl (C=O) groups is 1. The maximum Gasteiger partial charge on any atom is 0.277 e. The predicted octanol–water partition coefficient (Wildman–Crippen LogP) is 2.88. The molecule has 0 spiro atoms. The summed E-state index contributed by atoms with van der Waals surface area (Å²) in [6.07, 6.45) is 2.28. The first-order chi connectivity index (χ1) is 15.9. The summed E-state index contributed by atoms with van der Waals surface area (Å²) >= 11 is 0. The zero-order valence-electron chi connectivity index (χ0n) is 17.9. The summed E-state index contributed by atoms with van der Waals surface area (Å²) < 4.78 is 31.4. The van der Waals surface area contributed by atoms with E-state index in [1.54, 1.807) is 12.1 Å². The summed E-state index contributed by atoms with van der Waals surface area (Å²) in [6.45, 7) is 2.28. The van der Waals surface area contributed by atoms with Gasteiger partial charge in [-0.05, 0) is 54.2 Å². The Kier molecular flexibility index (Phi) is 4.03. The van der Waals surface area contributed by atoms with Gasteiger partial charge in [-0.15, -0.1) is 0 Å². The molecule has 8 heteroatoms. The van der Waals surface area contributed by atoms with Gasteiger partial charge in [-0.1, -0.05) is 24.3 Å². The number of halogens is 2. The Hall–Kier alpha value is -3.68. The number of rotatable bonds is 2. The molecule has 1 N–H and O–H groups in total. The van der Waals surface area contributed by atoms with Gasteiger partial charge < -0.3 is 10.0 Å². The molecule has 33 heavy (non-hydrogen) atoms. The lowest BCUT2D eigenvalue weighted by atomic mass is 9.81. The van der Waals surface area contributed by atoms with Crippen LogP contribution in [-0.4, -0.2) is 33.8 Å². The van der Waals surface area contributed by atoms with E-state index in [1.165, 1.54) is 34.0 Å². The third-order valence-electron chi connectivity index (χ3n) is 7.45. The number of hydrogen-bond acceptors (Lipinski definition) is 4. The Labute approximate surface area is 188 Å². The second-order valence-corrected chi connectivity index (χ2v) is 8.83. The molecule has 0 saturated heterocycles. The van der Waals surface area contributed by atoms with Crippen LogP contribution in [0.1, 0.15) is 39.7 Å². The zero-order valence-corrected chi connectivity index (χ0v) is 17.9. The summed E-state index contributed by atoms with van der Waals surface area (Å²) in [4.78, 5) is 26.9. The molecule has 0 saturated carbocycles. The quantitative estimate of drug-likeness (QED) is 0.654. The highest BCUT2D eigenvalue weighted by Crippen LogP contribution is 2.57. The van der Waals surface area contributed by atoms with E-state index in [-0.39, 0.29) is 29.9 Å². The lowest BCUT2D eigenvalue weighted by Gasteiger charge is -2.50. The van der Waals surface area contributed by atoms with Crippen LogP contribution in [0.2, 0.25) is 0 Å². The molecule has 1 amide bonds. The van der Waals surface area contributed by atoms with Gasteiger partial charge in [-0.2, -0.15) is 0 Å². The van der Waals surface area contributed by atoms with Crippen molar-refractivity contribution in [2.75, 3.05) is 18.2 Å². The van der Waals surface area contributed by atoms with Crippen LogP contribution in [0.25, 0.3) is 0 Å². The molecular formula is C25H21F2N3O3. The Balaban J connectivity index is 1.72. The third-order valence-corrected chi connectivity index (χ3v) is 7.45. The van der Waals surface area contributed by atoms with Crippen LogP contribution in [-0.2, 0) is 18.4 Å². The molecule has 0 fully saturated rings. The predicted molar refractivity (Wildman–Crippen MR) is 117 cm³/mol. The summed E-state index contributed by atoms with van der Waals surface area (Å²) in [7, 11) is 0. The lowest BCUT2D eigenvalue weighted by molar-refractivity contribution is 0.0658. The summed E-state index contributed by atoms with van der Waals surface area (Å²) in [5.74, 6) is -1.93. The van der Waals surface area contributed by atoms with Crippen molar-refractivity contribution in [1.29, 1.82) is 0 Å². The van der Waals surface area contributed by atoms with Gasteiger partial charge in [-0.25, -0.2) is 8.78 Å². The highest BCUT2D eigenvalue weighted by atomic mass is 19.1. The Bertz CT molecular complexity index is 1340. The highest BCUT2D eigenvalue weighted by Gasteiger charge is 2.59. The molecule has 1 aromatic heterocycles. The molecule has 6 nitrogen and oxygen atoms in total. The van der Waals surface area contributed by atoms with Gasteiger partial charge in [0.15, 0.2) is 11.4 Å². The van der Waals surface area contributed by atoms with Crippen molar-refractivity contribution < 1.29 is 18.7 Å². The number of pyridine rings is 1. The maximum atomic E-state index is 15.0. The minimum Gasteiger partial charge on any atom is -0.502 e. The van der Waals surface area contributed by atoms with Crippen LogP contribution in [0.4, 0.5) is 8.78 Å². The van der Waals surface area contributed by atoms with Crippen molar-refractivity contribution >= 4 is 5.91 Å². The normalized spacial score (nSPS) is 22.8. The van der Waals surface area contributed by atoms with Crippen molar-refractivity contribution in [3.05, 3.63) is 98.5 Å². The minimum absolute atomic E-state index is 0.132.